The lowest BCUT2D eigenvalue weighted by Crippen LogP contribution is -2.40. The molecule has 29 heavy (non-hydrogen) atoms. The van der Waals surface area contributed by atoms with Crippen molar-refractivity contribution in [3.8, 4) is 11.5 Å². The Morgan fingerprint density at radius 3 is 2.52 bits per heavy atom. The number of methoxy groups -OCH3 is 1. The molecule has 2 aromatic carbocycles. The SMILES string of the molecule is COc1ccc(NC(=O)COc2ccc(Br)cc2)cc1S(=O)(=O)N1CCOCC1. The number of benzene rings is 2. The lowest BCUT2D eigenvalue weighted by molar-refractivity contribution is -0.118. The first kappa shape index (κ1) is 21.6. The number of carbonyl (C=O) groups is 1. The van der Waals surface area contributed by atoms with Crippen molar-refractivity contribution in [1.82, 2.24) is 4.31 Å². The van der Waals surface area contributed by atoms with Crippen molar-refractivity contribution >= 4 is 37.5 Å². The zero-order valence-electron chi connectivity index (χ0n) is 15.8. The lowest BCUT2D eigenvalue weighted by atomic mass is 10.3. The molecular formula is C19H21BrN2O6S. The molecule has 0 saturated carbocycles. The Morgan fingerprint density at radius 2 is 1.86 bits per heavy atom. The topological polar surface area (TPSA) is 94.2 Å². The number of ether oxygens (including phenoxy) is 3. The van der Waals surface area contributed by atoms with Crippen LogP contribution >= 0.6 is 15.9 Å². The second-order valence-electron chi connectivity index (χ2n) is 6.17. The molecule has 8 nitrogen and oxygen atoms in total. The van der Waals surface area contributed by atoms with Crippen LogP contribution in [0.2, 0.25) is 0 Å². The highest BCUT2D eigenvalue weighted by Gasteiger charge is 2.29. The molecule has 0 aromatic heterocycles. The van der Waals surface area contributed by atoms with Gasteiger partial charge >= 0.3 is 0 Å². The van der Waals surface area contributed by atoms with E-state index in [9.17, 15) is 13.2 Å². The van der Waals surface area contributed by atoms with Gasteiger partial charge in [0, 0.05) is 23.2 Å². The van der Waals surface area contributed by atoms with Gasteiger partial charge in [-0.05, 0) is 42.5 Å². The fraction of sp³-hybridized carbons (Fsp3) is 0.316. The number of nitrogens with one attached hydrogen (secondary N) is 1. The molecule has 2 aromatic rings. The molecule has 0 unspecified atom stereocenters. The number of nitrogens with zero attached hydrogens (tertiary/aromatic N) is 1. The van der Waals surface area contributed by atoms with E-state index in [-0.39, 0.29) is 30.3 Å². The van der Waals surface area contributed by atoms with Crippen molar-refractivity contribution in [2.75, 3.05) is 45.3 Å². The Balaban J connectivity index is 1.72. The first-order chi connectivity index (χ1) is 13.9. The third kappa shape index (κ3) is 5.47. The maximum absolute atomic E-state index is 13.0. The molecule has 1 N–H and O–H groups in total. The van der Waals surface area contributed by atoms with Gasteiger partial charge in [-0.2, -0.15) is 4.31 Å². The maximum atomic E-state index is 13.0. The van der Waals surface area contributed by atoms with Crippen molar-refractivity contribution < 1.29 is 27.4 Å². The van der Waals surface area contributed by atoms with Crippen LogP contribution in [0.4, 0.5) is 5.69 Å². The molecule has 1 saturated heterocycles. The normalized spacial score (nSPS) is 15.0. The quantitative estimate of drug-likeness (QED) is 0.648. The van der Waals surface area contributed by atoms with Gasteiger partial charge in [-0.25, -0.2) is 8.42 Å². The average Bonchev–Trinajstić information content (AvgIpc) is 2.74. The fourth-order valence-electron chi connectivity index (χ4n) is 2.76. The number of anilines is 1. The predicted octanol–water partition coefficient (Wildman–Crippen LogP) is 2.50. The van der Waals surface area contributed by atoms with Crippen LogP contribution in [0.1, 0.15) is 0 Å². The van der Waals surface area contributed by atoms with Crippen molar-refractivity contribution in [1.29, 1.82) is 0 Å². The number of hydrogen-bond acceptors (Lipinski definition) is 6. The van der Waals surface area contributed by atoms with Crippen molar-refractivity contribution in [2.24, 2.45) is 0 Å². The highest BCUT2D eigenvalue weighted by molar-refractivity contribution is 9.10. The molecule has 0 bridgehead atoms. The molecule has 0 aliphatic carbocycles. The van der Waals surface area contributed by atoms with E-state index in [0.29, 0.717) is 24.7 Å². The summed E-state index contributed by atoms with van der Waals surface area (Å²) >= 11 is 3.33. The molecule has 1 aliphatic rings. The highest BCUT2D eigenvalue weighted by Crippen LogP contribution is 2.30. The van der Waals surface area contributed by atoms with E-state index in [0.717, 1.165) is 4.47 Å². The molecule has 1 fully saturated rings. The minimum Gasteiger partial charge on any atom is -0.495 e. The van der Waals surface area contributed by atoms with E-state index >= 15 is 0 Å². The number of halogens is 1. The van der Waals surface area contributed by atoms with Crippen LogP contribution in [0.5, 0.6) is 11.5 Å². The second-order valence-corrected chi connectivity index (χ2v) is 8.99. The summed E-state index contributed by atoms with van der Waals surface area (Å²) in [7, 11) is -2.38. The fourth-order valence-corrected chi connectivity index (χ4v) is 4.61. The highest BCUT2D eigenvalue weighted by atomic mass is 79.9. The van der Waals surface area contributed by atoms with Crippen LogP contribution in [0.25, 0.3) is 0 Å². The molecular weight excluding hydrogens is 464 g/mol. The Morgan fingerprint density at radius 1 is 1.17 bits per heavy atom. The lowest BCUT2D eigenvalue weighted by Gasteiger charge is -2.26. The molecule has 10 heteroatoms. The number of hydrogen-bond donors (Lipinski definition) is 1. The number of sulfonamides is 1. The van der Waals surface area contributed by atoms with E-state index in [4.69, 9.17) is 14.2 Å². The van der Waals surface area contributed by atoms with E-state index in [1.807, 2.05) is 0 Å². The average molecular weight is 485 g/mol. The van der Waals surface area contributed by atoms with E-state index in [1.165, 1.54) is 23.5 Å². The van der Waals surface area contributed by atoms with E-state index < -0.39 is 15.9 Å². The first-order valence-corrected chi connectivity index (χ1v) is 11.1. The van der Waals surface area contributed by atoms with Crippen molar-refractivity contribution in [2.45, 2.75) is 4.90 Å². The first-order valence-electron chi connectivity index (χ1n) is 8.84. The molecule has 0 radical (unpaired) electrons. The van der Waals surface area contributed by atoms with Gasteiger partial charge in [0.15, 0.2) is 6.61 Å². The third-order valence-electron chi connectivity index (χ3n) is 4.22. The van der Waals surface area contributed by atoms with Crippen LogP contribution < -0.4 is 14.8 Å². The van der Waals surface area contributed by atoms with Gasteiger partial charge in [-0.1, -0.05) is 15.9 Å². The van der Waals surface area contributed by atoms with Gasteiger partial charge in [0.25, 0.3) is 5.91 Å². The summed E-state index contributed by atoms with van der Waals surface area (Å²) in [6, 6.07) is 11.6. The molecule has 0 atom stereocenters. The third-order valence-corrected chi connectivity index (χ3v) is 6.67. The molecule has 1 heterocycles. The van der Waals surface area contributed by atoms with Crippen LogP contribution in [0.15, 0.2) is 51.8 Å². The largest absolute Gasteiger partial charge is 0.495 e. The van der Waals surface area contributed by atoms with Gasteiger partial charge in [0.1, 0.15) is 16.4 Å². The van der Waals surface area contributed by atoms with Gasteiger partial charge in [0.05, 0.1) is 20.3 Å². The molecule has 1 aliphatic heterocycles. The summed E-state index contributed by atoms with van der Waals surface area (Å²) in [6.07, 6.45) is 0. The van der Waals surface area contributed by atoms with Gasteiger partial charge in [0.2, 0.25) is 10.0 Å². The zero-order valence-corrected chi connectivity index (χ0v) is 18.2. The molecule has 3 rings (SSSR count). The summed E-state index contributed by atoms with van der Waals surface area (Å²) in [6.45, 7) is 1.00. The van der Waals surface area contributed by atoms with Crippen LogP contribution in [-0.4, -0.2) is 58.7 Å². The Kier molecular flexibility index (Phi) is 7.12. The van der Waals surface area contributed by atoms with E-state index in [1.54, 1.807) is 30.3 Å². The second kappa shape index (κ2) is 9.57. The standard InChI is InChI=1S/C19H21BrN2O6S/c1-26-17-7-4-15(12-18(17)29(24,25)22-8-10-27-11-9-22)21-19(23)13-28-16-5-2-14(20)3-6-16/h2-7,12H,8-11,13H2,1H3,(H,21,23). The minimum atomic E-state index is -3.78. The number of carbonyl (C=O) groups excluding carboxylic acids is 1. The number of amides is 1. The summed E-state index contributed by atoms with van der Waals surface area (Å²) in [5.41, 5.74) is 0.335. The van der Waals surface area contributed by atoms with Gasteiger partial charge in [-0.15, -0.1) is 0 Å². The molecule has 156 valence electrons. The monoisotopic (exact) mass is 484 g/mol. The van der Waals surface area contributed by atoms with Crippen molar-refractivity contribution in [3.05, 3.63) is 46.9 Å². The van der Waals surface area contributed by atoms with Gasteiger partial charge in [-0.3, -0.25) is 4.79 Å². The van der Waals surface area contributed by atoms with Crippen molar-refractivity contribution in [3.63, 3.8) is 0 Å². The minimum absolute atomic E-state index is 0.00599. The summed E-state index contributed by atoms with van der Waals surface area (Å²) in [5, 5.41) is 2.65. The number of rotatable bonds is 7. The number of morpholine rings is 1. The smallest absolute Gasteiger partial charge is 0.262 e. The van der Waals surface area contributed by atoms with Crippen LogP contribution in [0.3, 0.4) is 0 Å². The molecule has 1 amide bonds. The summed E-state index contributed by atoms with van der Waals surface area (Å²) in [5.74, 6) is 0.349. The summed E-state index contributed by atoms with van der Waals surface area (Å²) < 4.78 is 44.1. The predicted molar refractivity (Wildman–Crippen MR) is 111 cm³/mol. The summed E-state index contributed by atoms with van der Waals surface area (Å²) in [4.78, 5) is 12.2. The molecule has 0 spiro atoms. The van der Waals surface area contributed by atoms with E-state index in [2.05, 4.69) is 21.2 Å². The van der Waals surface area contributed by atoms with Crippen LogP contribution in [0, 0.1) is 0 Å². The Hall–Kier alpha value is -2.14. The van der Waals surface area contributed by atoms with Crippen LogP contribution in [-0.2, 0) is 19.6 Å². The zero-order chi connectivity index (χ0) is 20.9. The van der Waals surface area contributed by atoms with Gasteiger partial charge < -0.3 is 19.5 Å². The Bertz CT molecular complexity index is 959. The Labute approximate surface area is 177 Å². The maximum Gasteiger partial charge on any atom is 0.262 e.